The number of rotatable bonds is 4. The van der Waals surface area contributed by atoms with Crippen molar-refractivity contribution >= 4 is 22.6 Å². The Morgan fingerprint density at radius 2 is 1.68 bits per heavy atom. The van der Waals surface area contributed by atoms with Crippen molar-refractivity contribution in [1.29, 1.82) is 0 Å². The topological polar surface area (TPSA) is 70.7 Å². The van der Waals surface area contributed by atoms with Gasteiger partial charge in [0.15, 0.2) is 0 Å². The van der Waals surface area contributed by atoms with E-state index in [-0.39, 0.29) is 5.91 Å². The molecule has 0 atom stereocenters. The van der Waals surface area contributed by atoms with Crippen LogP contribution in [0.4, 0.5) is 5.69 Å². The van der Waals surface area contributed by atoms with Crippen LogP contribution in [0.3, 0.4) is 0 Å². The van der Waals surface area contributed by atoms with Gasteiger partial charge in [-0.15, -0.1) is 0 Å². The van der Waals surface area contributed by atoms with E-state index in [1.165, 1.54) is 0 Å². The van der Waals surface area contributed by atoms with Crippen LogP contribution in [0.1, 0.15) is 16.2 Å². The number of ether oxygens (including phenoxy) is 2. The molecule has 1 aromatic heterocycles. The monoisotopic (exact) mass is 380 g/mol. The van der Waals surface area contributed by atoms with Crippen LogP contribution in [0.25, 0.3) is 11.0 Å². The van der Waals surface area contributed by atoms with Gasteiger partial charge in [0.2, 0.25) is 0 Å². The zero-order valence-corrected chi connectivity index (χ0v) is 16.4. The Labute approximate surface area is 163 Å². The van der Waals surface area contributed by atoms with Crippen LogP contribution in [-0.2, 0) is 0 Å². The molecule has 3 aromatic rings. The van der Waals surface area contributed by atoms with Crippen LogP contribution in [0.2, 0.25) is 0 Å². The average molecular weight is 380 g/mol. The molecule has 1 saturated heterocycles. The third kappa shape index (κ3) is 3.47. The number of nitrogens with zero attached hydrogens (tertiary/aromatic N) is 3. The molecule has 1 aliphatic heterocycles. The number of imidazole rings is 1. The van der Waals surface area contributed by atoms with Crippen LogP contribution >= 0.6 is 0 Å². The predicted octanol–water partition coefficient (Wildman–Crippen LogP) is 2.85. The van der Waals surface area contributed by atoms with Crippen LogP contribution in [0, 0.1) is 6.92 Å². The Bertz CT molecular complexity index is 984. The fourth-order valence-electron chi connectivity index (χ4n) is 3.60. The fourth-order valence-corrected chi connectivity index (χ4v) is 3.60. The van der Waals surface area contributed by atoms with Gasteiger partial charge in [-0.2, -0.15) is 0 Å². The first kappa shape index (κ1) is 18.2. The fraction of sp³-hybridized carbons (Fsp3) is 0.333. The second kappa shape index (κ2) is 7.42. The third-order valence-electron chi connectivity index (χ3n) is 5.11. The number of benzene rings is 2. The second-order valence-corrected chi connectivity index (χ2v) is 6.90. The Morgan fingerprint density at radius 3 is 2.32 bits per heavy atom. The number of aromatic nitrogens is 2. The van der Waals surface area contributed by atoms with E-state index in [0.29, 0.717) is 30.2 Å². The number of aryl methyl sites for hydroxylation is 1. The highest BCUT2D eigenvalue weighted by Gasteiger charge is 2.23. The molecule has 0 unspecified atom stereocenters. The van der Waals surface area contributed by atoms with E-state index in [1.54, 1.807) is 32.4 Å². The maximum absolute atomic E-state index is 12.9. The van der Waals surface area contributed by atoms with Gasteiger partial charge in [0.05, 0.1) is 25.3 Å². The molecule has 0 spiro atoms. The standard InChI is InChI=1S/C21H24N4O3/c1-14-22-19-5-4-16(12-20(19)23-14)24-6-8-25(9-7-24)21(26)15-10-17(27-2)13-18(11-15)28-3/h4-5,10-13H,6-9H2,1-3H3,(H,22,23). The molecule has 4 rings (SSSR count). The van der Waals surface area contributed by atoms with Crippen LogP contribution in [-0.4, -0.2) is 61.2 Å². The van der Waals surface area contributed by atoms with Gasteiger partial charge < -0.3 is 24.3 Å². The van der Waals surface area contributed by atoms with Gasteiger partial charge >= 0.3 is 0 Å². The van der Waals surface area contributed by atoms with Gasteiger partial charge in [0.1, 0.15) is 17.3 Å². The Morgan fingerprint density at radius 1 is 1.00 bits per heavy atom. The molecule has 1 N–H and O–H groups in total. The minimum Gasteiger partial charge on any atom is -0.497 e. The second-order valence-electron chi connectivity index (χ2n) is 6.90. The molecule has 2 aromatic carbocycles. The molecule has 0 aliphatic carbocycles. The number of nitrogens with one attached hydrogen (secondary N) is 1. The van der Waals surface area contributed by atoms with Crippen molar-refractivity contribution in [2.24, 2.45) is 0 Å². The molecule has 1 aliphatic rings. The number of carbonyl (C=O) groups is 1. The normalized spacial score (nSPS) is 14.4. The summed E-state index contributed by atoms with van der Waals surface area (Å²) in [5.41, 5.74) is 3.74. The molecule has 2 heterocycles. The zero-order valence-electron chi connectivity index (χ0n) is 16.4. The SMILES string of the molecule is COc1cc(OC)cc(C(=O)N2CCN(c3ccc4nc(C)[nH]c4c3)CC2)c1. The molecule has 1 fully saturated rings. The van der Waals surface area contributed by atoms with E-state index in [1.807, 2.05) is 17.9 Å². The van der Waals surface area contributed by atoms with E-state index in [0.717, 1.165) is 35.6 Å². The quantitative estimate of drug-likeness (QED) is 0.754. The number of carbonyl (C=O) groups excluding carboxylic acids is 1. The van der Waals surface area contributed by atoms with Crippen molar-refractivity contribution < 1.29 is 14.3 Å². The maximum Gasteiger partial charge on any atom is 0.254 e. The molecule has 28 heavy (non-hydrogen) atoms. The third-order valence-corrected chi connectivity index (χ3v) is 5.11. The number of methoxy groups -OCH3 is 2. The Kier molecular flexibility index (Phi) is 4.81. The van der Waals surface area contributed by atoms with Gasteiger partial charge in [-0.25, -0.2) is 4.98 Å². The Hall–Kier alpha value is -3.22. The molecule has 1 amide bonds. The summed E-state index contributed by atoms with van der Waals surface area (Å²) in [6.07, 6.45) is 0. The molecule has 7 nitrogen and oxygen atoms in total. The number of anilines is 1. The summed E-state index contributed by atoms with van der Waals surface area (Å²) in [5, 5.41) is 0. The summed E-state index contributed by atoms with van der Waals surface area (Å²) in [7, 11) is 3.17. The van der Waals surface area contributed by atoms with Crippen molar-refractivity contribution in [3.8, 4) is 11.5 Å². The van der Waals surface area contributed by atoms with Crippen molar-refractivity contribution in [1.82, 2.24) is 14.9 Å². The van der Waals surface area contributed by atoms with Crippen LogP contribution in [0.15, 0.2) is 36.4 Å². The summed E-state index contributed by atoms with van der Waals surface area (Å²) in [6.45, 7) is 4.85. The first-order valence-corrected chi connectivity index (χ1v) is 9.31. The molecule has 0 radical (unpaired) electrons. The number of fused-ring (bicyclic) bond motifs is 1. The van der Waals surface area contributed by atoms with E-state index in [9.17, 15) is 4.79 Å². The largest absolute Gasteiger partial charge is 0.497 e. The highest BCUT2D eigenvalue weighted by molar-refractivity contribution is 5.95. The van der Waals surface area contributed by atoms with Crippen molar-refractivity contribution in [2.75, 3.05) is 45.3 Å². The van der Waals surface area contributed by atoms with Gasteiger partial charge in [0, 0.05) is 43.5 Å². The van der Waals surface area contributed by atoms with Gasteiger partial charge in [-0.1, -0.05) is 0 Å². The highest BCUT2D eigenvalue weighted by Crippen LogP contribution is 2.25. The zero-order chi connectivity index (χ0) is 19.7. The molecular weight excluding hydrogens is 356 g/mol. The first-order valence-electron chi connectivity index (χ1n) is 9.31. The van der Waals surface area contributed by atoms with Crippen molar-refractivity contribution in [2.45, 2.75) is 6.92 Å². The average Bonchev–Trinajstić information content (AvgIpc) is 3.12. The lowest BCUT2D eigenvalue weighted by Crippen LogP contribution is -2.48. The number of piperazine rings is 1. The highest BCUT2D eigenvalue weighted by atomic mass is 16.5. The summed E-state index contributed by atoms with van der Waals surface area (Å²) >= 11 is 0. The number of hydrogen-bond donors (Lipinski definition) is 1. The van der Waals surface area contributed by atoms with E-state index in [2.05, 4.69) is 27.0 Å². The number of H-pyrrole nitrogens is 1. The van der Waals surface area contributed by atoms with Gasteiger partial charge in [0.25, 0.3) is 5.91 Å². The minimum absolute atomic E-state index is 0.00325. The maximum atomic E-state index is 12.9. The van der Waals surface area contributed by atoms with E-state index < -0.39 is 0 Å². The lowest BCUT2D eigenvalue weighted by Gasteiger charge is -2.36. The minimum atomic E-state index is -0.00325. The first-order chi connectivity index (χ1) is 13.6. The molecule has 0 saturated carbocycles. The molecule has 7 heteroatoms. The number of aromatic amines is 1. The smallest absolute Gasteiger partial charge is 0.254 e. The van der Waals surface area contributed by atoms with Crippen LogP contribution < -0.4 is 14.4 Å². The Balaban J connectivity index is 1.46. The summed E-state index contributed by atoms with van der Waals surface area (Å²) in [4.78, 5) is 24.8. The molecule has 0 bridgehead atoms. The lowest BCUT2D eigenvalue weighted by atomic mass is 10.1. The number of amides is 1. The van der Waals surface area contributed by atoms with Crippen molar-refractivity contribution in [3.05, 3.63) is 47.8 Å². The molecular formula is C21H24N4O3. The van der Waals surface area contributed by atoms with Gasteiger partial charge in [-0.05, 0) is 37.3 Å². The van der Waals surface area contributed by atoms with Crippen molar-refractivity contribution in [3.63, 3.8) is 0 Å². The summed E-state index contributed by atoms with van der Waals surface area (Å²) < 4.78 is 10.6. The number of hydrogen-bond acceptors (Lipinski definition) is 5. The van der Waals surface area contributed by atoms with E-state index >= 15 is 0 Å². The van der Waals surface area contributed by atoms with Gasteiger partial charge in [-0.3, -0.25) is 4.79 Å². The molecule has 146 valence electrons. The summed E-state index contributed by atoms with van der Waals surface area (Å²) in [6, 6.07) is 11.5. The lowest BCUT2D eigenvalue weighted by molar-refractivity contribution is 0.0746. The summed E-state index contributed by atoms with van der Waals surface area (Å²) in [5.74, 6) is 2.14. The predicted molar refractivity (Wildman–Crippen MR) is 108 cm³/mol. The van der Waals surface area contributed by atoms with E-state index in [4.69, 9.17) is 9.47 Å². The van der Waals surface area contributed by atoms with Crippen LogP contribution in [0.5, 0.6) is 11.5 Å².